The molecule has 82 valence electrons. The summed E-state index contributed by atoms with van der Waals surface area (Å²) in [7, 11) is 0.840. The van der Waals surface area contributed by atoms with Crippen molar-refractivity contribution in [1.29, 1.82) is 0 Å². The van der Waals surface area contributed by atoms with Crippen LogP contribution < -0.4 is 0 Å². The van der Waals surface area contributed by atoms with Gasteiger partial charge in [0.15, 0.2) is 0 Å². The quantitative estimate of drug-likeness (QED) is 0.298. The number of methoxy groups -OCH3 is 2. The fraction of sp³-hybridized carbons (Fsp3) is 0.667. The molecule has 0 amide bonds. The molecule has 0 rings (SSSR count). The van der Waals surface area contributed by atoms with Crippen molar-refractivity contribution in [3.8, 4) is 0 Å². The average Bonchev–Trinajstić information content (AvgIpc) is 2.24. The van der Waals surface area contributed by atoms with Crippen molar-refractivity contribution in [3.63, 3.8) is 0 Å². The normalized spacial score (nSPS) is 13.1. The molecule has 0 aliphatic carbocycles. The van der Waals surface area contributed by atoms with Gasteiger partial charge in [-0.25, -0.2) is 0 Å². The Morgan fingerprint density at radius 3 is 2.29 bits per heavy atom. The molecule has 5 heteroatoms. The van der Waals surface area contributed by atoms with Crippen LogP contribution in [0.4, 0.5) is 0 Å². The Labute approximate surface area is 85.4 Å². The summed E-state index contributed by atoms with van der Waals surface area (Å²) >= 11 is 0. The van der Waals surface area contributed by atoms with Crippen molar-refractivity contribution < 1.29 is 18.6 Å². The largest absolute Gasteiger partial charge is 0.435 e. The van der Waals surface area contributed by atoms with Gasteiger partial charge in [-0.3, -0.25) is 4.57 Å². The number of ether oxygens (including phenoxy) is 2. The smallest absolute Gasteiger partial charge is 0.237 e. The molecular formula is C9H17O4P. The van der Waals surface area contributed by atoms with E-state index in [1.165, 1.54) is 14.2 Å². The van der Waals surface area contributed by atoms with Crippen molar-refractivity contribution in [2.75, 3.05) is 20.4 Å². The van der Waals surface area contributed by atoms with E-state index in [0.717, 1.165) is 0 Å². The maximum atomic E-state index is 11.2. The lowest BCUT2D eigenvalue weighted by atomic mass is 10.3. The molecule has 4 nitrogen and oxygen atoms in total. The third-order valence-corrected chi connectivity index (χ3v) is 2.87. The van der Waals surface area contributed by atoms with E-state index < -0.39 is 13.8 Å². The molecular weight excluding hydrogens is 203 g/mol. The van der Waals surface area contributed by atoms with Gasteiger partial charge in [-0.2, -0.15) is 0 Å². The molecule has 0 saturated carbocycles. The lowest BCUT2D eigenvalue weighted by Crippen LogP contribution is -2.32. The Kier molecular flexibility index (Phi) is 5.82. The van der Waals surface area contributed by atoms with Crippen LogP contribution in [0, 0.1) is 0 Å². The topological polar surface area (TPSA) is 44.8 Å². The van der Waals surface area contributed by atoms with E-state index in [9.17, 15) is 4.57 Å². The van der Waals surface area contributed by atoms with Gasteiger partial charge in [0.25, 0.3) is 0 Å². The summed E-state index contributed by atoms with van der Waals surface area (Å²) in [5.74, 6) is -0.856. The highest BCUT2D eigenvalue weighted by molar-refractivity contribution is 7.39. The van der Waals surface area contributed by atoms with Crippen LogP contribution in [0.5, 0.6) is 0 Å². The van der Waals surface area contributed by atoms with Crippen molar-refractivity contribution in [3.05, 3.63) is 18.1 Å². The lowest BCUT2D eigenvalue weighted by molar-refractivity contribution is -0.180. The minimum absolute atomic E-state index is 0.216. The summed E-state index contributed by atoms with van der Waals surface area (Å²) in [4.78, 5) is 0. The predicted molar refractivity (Wildman–Crippen MR) is 55.7 cm³/mol. The lowest BCUT2D eigenvalue weighted by Gasteiger charge is -2.26. The molecule has 0 aliphatic heterocycles. The fourth-order valence-electron chi connectivity index (χ4n) is 0.744. The zero-order valence-electron chi connectivity index (χ0n) is 9.05. The summed E-state index contributed by atoms with van der Waals surface area (Å²) in [6.07, 6.45) is 0.458. The summed E-state index contributed by atoms with van der Waals surface area (Å²) in [6.45, 7) is 6.86. The maximum absolute atomic E-state index is 11.2. The Morgan fingerprint density at radius 2 is 2.00 bits per heavy atom. The van der Waals surface area contributed by atoms with E-state index in [1.807, 2.05) is 0 Å². The highest BCUT2D eigenvalue weighted by Crippen LogP contribution is 2.32. The predicted octanol–water partition coefficient (Wildman–Crippen LogP) is 2.18. The molecule has 0 bridgehead atoms. The first-order valence-electron chi connectivity index (χ1n) is 4.25. The Morgan fingerprint density at radius 1 is 1.50 bits per heavy atom. The molecule has 0 saturated heterocycles. The number of rotatable bonds is 6. The van der Waals surface area contributed by atoms with Gasteiger partial charge in [0, 0.05) is 20.4 Å². The second kappa shape index (κ2) is 6.05. The van der Waals surface area contributed by atoms with Crippen LogP contribution in [0.2, 0.25) is 0 Å². The minimum Gasteiger partial charge on any atom is -0.435 e. The van der Waals surface area contributed by atoms with Gasteiger partial charge >= 0.3 is 0 Å². The van der Waals surface area contributed by atoms with E-state index in [2.05, 4.69) is 12.3 Å². The molecule has 0 aromatic heterocycles. The summed E-state index contributed by atoms with van der Waals surface area (Å²) < 4.78 is 26.5. The van der Waals surface area contributed by atoms with E-state index in [4.69, 9.17) is 14.0 Å². The van der Waals surface area contributed by atoms with Gasteiger partial charge in [0.1, 0.15) is 0 Å². The molecule has 1 unspecified atom stereocenters. The zero-order valence-corrected chi connectivity index (χ0v) is 10.0. The van der Waals surface area contributed by atoms with Crippen LogP contribution in [0.3, 0.4) is 0 Å². The van der Waals surface area contributed by atoms with Crippen LogP contribution >= 0.6 is 8.03 Å². The standard InChI is InChI=1S/C9H17O4P/c1-6-8(13-14(10)7-2)9(3,11-4)12-5/h14H,1,7H2,2-5H3. The van der Waals surface area contributed by atoms with Crippen LogP contribution in [-0.2, 0) is 18.6 Å². The second-order valence-electron chi connectivity index (χ2n) is 2.69. The van der Waals surface area contributed by atoms with Crippen LogP contribution in [0.15, 0.2) is 18.1 Å². The molecule has 0 aliphatic rings. The molecule has 0 aromatic rings. The molecule has 0 spiro atoms. The molecule has 1 atom stereocenters. The number of hydrogen-bond donors (Lipinski definition) is 0. The molecule has 0 fully saturated rings. The van der Waals surface area contributed by atoms with Gasteiger partial charge in [0.2, 0.25) is 19.6 Å². The third-order valence-electron chi connectivity index (χ3n) is 1.86. The first-order valence-corrected chi connectivity index (χ1v) is 5.77. The molecule has 0 aromatic carbocycles. The molecule has 0 heterocycles. The second-order valence-corrected chi connectivity index (χ2v) is 4.34. The van der Waals surface area contributed by atoms with E-state index in [1.54, 1.807) is 13.8 Å². The Bertz CT molecular complexity index is 252. The first-order chi connectivity index (χ1) is 6.53. The molecule has 0 radical (unpaired) electrons. The monoisotopic (exact) mass is 220 g/mol. The fourth-order valence-corrected chi connectivity index (χ4v) is 1.37. The van der Waals surface area contributed by atoms with Gasteiger partial charge in [-0.1, -0.05) is 19.2 Å². The highest BCUT2D eigenvalue weighted by Gasteiger charge is 2.31. The SMILES string of the molecule is C=C=C(O[PH](=O)CC)C(C)(OC)OC. The van der Waals surface area contributed by atoms with Crippen molar-refractivity contribution in [2.24, 2.45) is 0 Å². The van der Waals surface area contributed by atoms with E-state index in [-0.39, 0.29) is 5.76 Å². The summed E-state index contributed by atoms with van der Waals surface area (Å²) in [5.41, 5.74) is 2.53. The third kappa shape index (κ3) is 3.32. The van der Waals surface area contributed by atoms with E-state index >= 15 is 0 Å². The Balaban J connectivity index is 4.73. The van der Waals surface area contributed by atoms with Crippen LogP contribution in [0.1, 0.15) is 13.8 Å². The van der Waals surface area contributed by atoms with Gasteiger partial charge in [0.05, 0.1) is 0 Å². The maximum Gasteiger partial charge on any atom is 0.237 e. The first kappa shape index (κ1) is 13.5. The summed E-state index contributed by atoms with van der Waals surface area (Å²) in [5, 5.41) is 0. The van der Waals surface area contributed by atoms with Gasteiger partial charge < -0.3 is 14.0 Å². The highest BCUT2D eigenvalue weighted by atomic mass is 31.1. The van der Waals surface area contributed by atoms with Crippen LogP contribution in [-0.4, -0.2) is 26.2 Å². The molecule has 0 N–H and O–H groups in total. The number of hydrogen-bond acceptors (Lipinski definition) is 4. The van der Waals surface area contributed by atoms with Crippen molar-refractivity contribution in [1.82, 2.24) is 0 Å². The zero-order chi connectivity index (χ0) is 11.2. The molecule has 14 heavy (non-hydrogen) atoms. The van der Waals surface area contributed by atoms with Crippen molar-refractivity contribution >= 4 is 8.03 Å². The Hall–Kier alpha value is -0.530. The average molecular weight is 220 g/mol. The van der Waals surface area contributed by atoms with E-state index in [0.29, 0.717) is 6.16 Å². The van der Waals surface area contributed by atoms with Crippen LogP contribution in [0.25, 0.3) is 0 Å². The summed E-state index contributed by atoms with van der Waals surface area (Å²) in [6, 6.07) is 0. The van der Waals surface area contributed by atoms with Crippen molar-refractivity contribution in [2.45, 2.75) is 19.6 Å². The van der Waals surface area contributed by atoms with Gasteiger partial charge in [-0.15, -0.1) is 0 Å². The minimum atomic E-state index is -2.09. The van der Waals surface area contributed by atoms with Gasteiger partial charge in [-0.05, 0) is 6.92 Å².